The lowest BCUT2D eigenvalue weighted by atomic mass is 9.86. The number of quaternary nitrogens is 1. The van der Waals surface area contributed by atoms with Crippen molar-refractivity contribution in [1.29, 1.82) is 0 Å². The highest BCUT2D eigenvalue weighted by Crippen LogP contribution is 2.23. The maximum Gasteiger partial charge on any atom is 0.275 e. The summed E-state index contributed by atoms with van der Waals surface area (Å²) in [7, 11) is 0. The second-order valence-electron chi connectivity index (χ2n) is 6.07. The van der Waals surface area contributed by atoms with Crippen LogP contribution >= 0.6 is 0 Å². The van der Waals surface area contributed by atoms with E-state index < -0.39 is 0 Å². The Bertz CT molecular complexity index is 418. The molecule has 3 N–H and O–H groups in total. The molecule has 1 aromatic carbocycles. The minimum Gasteiger partial charge on any atom is -0.348 e. The molecular weight excluding hydrogens is 248 g/mol. The topological polar surface area (TPSA) is 45.7 Å². The molecule has 0 aromatic heterocycles. The highest BCUT2D eigenvalue weighted by atomic mass is 16.2. The summed E-state index contributed by atoms with van der Waals surface area (Å²) in [4.78, 5) is 12.1. The minimum atomic E-state index is 0.173. The van der Waals surface area contributed by atoms with Gasteiger partial charge in [0.15, 0.2) is 6.54 Å². The zero-order valence-corrected chi connectivity index (χ0v) is 12.6. The molecule has 0 aliphatic heterocycles. The van der Waals surface area contributed by atoms with Gasteiger partial charge >= 0.3 is 0 Å². The maximum atomic E-state index is 12.1. The third-order valence-electron chi connectivity index (χ3n) is 4.44. The molecule has 1 aliphatic rings. The third kappa shape index (κ3) is 4.34. The number of amides is 1. The van der Waals surface area contributed by atoms with Gasteiger partial charge in [0.25, 0.3) is 5.91 Å². The van der Waals surface area contributed by atoms with Crippen LogP contribution in [0, 0.1) is 5.92 Å². The second-order valence-corrected chi connectivity index (χ2v) is 6.07. The lowest BCUT2D eigenvalue weighted by Crippen LogP contribution is -2.87. The van der Waals surface area contributed by atoms with Gasteiger partial charge < -0.3 is 10.6 Å². The van der Waals surface area contributed by atoms with Gasteiger partial charge in [0.05, 0.1) is 0 Å². The van der Waals surface area contributed by atoms with Crippen molar-refractivity contribution in [3.8, 4) is 0 Å². The molecule has 1 aromatic rings. The molecule has 110 valence electrons. The standard InChI is InChI=1S/C17H26N2O/c1-13-8-6-7-11-16(13)19-17(20)12-18-14(2)15-9-4-3-5-10-15/h3-5,9-10,13-14,16,18H,6-8,11-12H2,1-2H3,(H,19,20)/p+1/t13-,14+,16+/m1/s1. The largest absolute Gasteiger partial charge is 0.348 e. The summed E-state index contributed by atoms with van der Waals surface area (Å²) in [5, 5.41) is 5.31. The third-order valence-corrected chi connectivity index (χ3v) is 4.44. The van der Waals surface area contributed by atoms with Crippen molar-refractivity contribution in [3.63, 3.8) is 0 Å². The highest BCUT2D eigenvalue weighted by molar-refractivity contribution is 5.77. The maximum absolute atomic E-state index is 12.1. The van der Waals surface area contributed by atoms with E-state index in [0.717, 1.165) is 6.42 Å². The Balaban J connectivity index is 1.74. The summed E-state index contributed by atoms with van der Waals surface area (Å²) in [5.41, 5.74) is 1.27. The van der Waals surface area contributed by atoms with Crippen molar-refractivity contribution in [2.75, 3.05) is 6.54 Å². The Morgan fingerprint density at radius 1 is 1.30 bits per heavy atom. The number of hydrogen-bond acceptors (Lipinski definition) is 1. The molecule has 3 atom stereocenters. The molecule has 1 amide bonds. The predicted molar refractivity (Wildman–Crippen MR) is 81.2 cm³/mol. The van der Waals surface area contributed by atoms with E-state index in [1.165, 1.54) is 24.8 Å². The summed E-state index contributed by atoms with van der Waals surface area (Å²) in [5.74, 6) is 0.797. The molecular formula is C17H27N2O+. The Labute approximate surface area is 122 Å². The van der Waals surface area contributed by atoms with Crippen LogP contribution in [0.25, 0.3) is 0 Å². The first-order chi connectivity index (χ1) is 9.66. The Kier molecular flexibility index (Phi) is 5.60. The first kappa shape index (κ1) is 15.0. The van der Waals surface area contributed by atoms with E-state index in [2.05, 4.69) is 36.6 Å². The van der Waals surface area contributed by atoms with Gasteiger partial charge in [0.1, 0.15) is 6.04 Å². The summed E-state index contributed by atoms with van der Waals surface area (Å²) in [6, 6.07) is 11.0. The molecule has 0 radical (unpaired) electrons. The van der Waals surface area contributed by atoms with E-state index in [-0.39, 0.29) is 5.91 Å². The molecule has 3 nitrogen and oxygen atoms in total. The van der Waals surface area contributed by atoms with E-state index in [1.54, 1.807) is 0 Å². The predicted octanol–water partition coefficient (Wildman–Crippen LogP) is 2.01. The molecule has 0 heterocycles. The quantitative estimate of drug-likeness (QED) is 0.848. The van der Waals surface area contributed by atoms with Crippen LogP contribution in [0.5, 0.6) is 0 Å². The smallest absolute Gasteiger partial charge is 0.275 e. The number of rotatable bonds is 5. The van der Waals surface area contributed by atoms with E-state index in [9.17, 15) is 4.79 Å². The van der Waals surface area contributed by atoms with E-state index >= 15 is 0 Å². The zero-order valence-electron chi connectivity index (χ0n) is 12.6. The number of carbonyl (C=O) groups excluding carboxylic acids is 1. The lowest BCUT2D eigenvalue weighted by molar-refractivity contribution is -0.682. The van der Waals surface area contributed by atoms with E-state index in [4.69, 9.17) is 0 Å². The van der Waals surface area contributed by atoms with Crippen LogP contribution < -0.4 is 10.6 Å². The summed E-state index contributed by atoms with van der Waals surface area (Å²) >= 11 is 0. The Morgan fingerprint density at radius 2 is 2.00 bits per heavy atom. The van der Waals surface area contributed by atoms with Gasteiger partial charge in [-0.1, -0.05) is 50.1 Å². The highest BCUT2D eigenvalue weighted by Gasteiger charge is 2.23. The van der Waals surface area contributed by atoms with Crippen LogP contribution in [0.2, 0.25) is 0 Å². The van der Waals surface area contributed by atoms with Gasteiger partial charge in [-0.3, -0.25) is 4.79 Å². The van der Waals surface area contributed by atoms with Crippen molar-refractivity contribution in [3.05, 3.63) is 35.9 Å². The van der Waals surface area contributed by atoms with Crippen LogP contribution in [-0.4, -0.2) is 18.5 Å². The Hall–Kier alpha value is -1.35. The van der Waals surface area contributed by atoms with Gasteiger partial charge in [0, 0.05) is 11.6 Å². The van der Waals surface area contributed by atoms with Gasteiger partial charge in [-0.25, -0.2) is 0 Å². The summed E-state index contributed by atoms with van der Waals surface area (Å²) in [6.07, 6.45) is 4.94. The molecule has 1 saturated carbocycles. The average molecular weight is 275 g/mol. The van der Waals surface area contributed by atoms with Gasteiger partial charge in [-0.15, -0.1) is 0 Å². The van der Waals surface area contributed by atoms with Crippen molar-refractivity contribution in [2.24, 2.45) is 5.92 Å². The average Bonchev–Trinajstić information content (AvgIpc) is 2.48. The fourth-order valence-electron chi connectivity index (χ4n) is 2.97. The fraction of sp³-hybridized carbons (Fsp3) is 0.588. The van der Waals surface area contributed by atoms with Crippen LogP contribution in [0.4, 0.5) is 0 Å². The van der Waals surface area contributed by atoms with E-state index in [1.807, 2.05) is 18.2 Å². The lowest BCUT2D eigenvalue weighted by Gasteiger charge is -2.29. The molecule has 0 spiro atoms. The number of benzene rings is 1. The van der Waals surface area contributed by atoms with Crippen molar-refractivity contribution in [1.82, 2.24) is 5.32 Å². The number of carbonyl (C=O) groups is 1. The van der Waals surface area contributed by atoms with Crippen molar-refractivity contribution < 1.29 is 10.1 Å². The molecule has 0 bridgehead atoms. The van der Waals surface area contributed by atoms with E-state index in [0.29, 0.717) is 24.5 Å². The molecule has 1 aliphatic carbocycles. The molecule has 0 unspecified atom stereocenters. The summed E-state index contributed by atoms with van der Waals surface area (Å²) < 4.78 is 0. The monoisotopic (exact) mass is 275 g/mol. The summed E-state index contributed by atoms with van der Waals surface area (Å²) in [6.45, 7) is 4.91. The van der Waals surface area contributed by atoms with Crippen LogP contribution in [-0.2, 0) is 4.79 Å². The first-order valence-corrected chi connectivity index (χ1v) is 7.84. The van der Waals surface area contributed by atoms with Crippen LogP contribution in [0.3, 0.4) is 0 Å². The Morgan fingerprint density at radius 3 is 2.70 bits per heavy atom. The van der Waals surface area contributed by atoms with Gasteiger partial charge in [-0.05, 0) is 25.7 Å². The normalized spacial score (nSPS) is 24.1. The number of hydrogen-bond donors (Lipinski definition) is 2. The van der Waals surface area contributed by atoms with Crippen LogP contribution in [0.15, 0.2) is 30.3 Å². The molecule has 0 saturated heterocycles. The van der Waals surface area contributed by atoms with Gasteiger partial charge in [0.2, 0.25) is 0 Å². The molecule has 1 fully saturated rings. The second kappa shape index (κ2) is 7.44. The number of nitrogens with two attached hydrogens (primary N) is 1. The van der Waals surface area contributed by atoms with Crippen LogP contribution in [0.1, 0.15) is 51.1 Å². The molecule has 2 rings (SSSR count). The number of nitrogens with one attached hydrogen (secondary N) is 1. The van der Waals surface area contributed by atoms with Crippen molar-refractivity contribution >= 4 is 5.91 Å². The molecule has 3 heteroatoms. The fourth-order valence-corrected chi connectivity index (χ4v) is 2.97. The van der Waals surface area contributed by atoms with Gasteiger partial charge in [-0.2, -0.15) is 0 Å². The van der Waals surface area contributed by atoms with Crippen molar-refractivity contribution in [2.45, 2.75) is 51.6 Å². The first-order valence-electron chi connectivity index (χ1n) is 7.84. The molecule has 20 heavy (non-hydrogen) atoms. The zero-order chi connectivity index (χ0) is 14.4. The SMILES string of the molecule is C[C@H]([NH2+]CC(=O)N[C@H]1CCCC[C@H]1C)c1ccccc1. The minimum absolute atomic E-state index is 0.173.